The van der Waals surface area contributed by atoms with Gasteiger partial charge in [0.25, 0.3) is 0 Å². The predicted octanol–water partition coefficient (Wildman–Crippen LogP) is 6.65. The van der Waals surface area contributed by atoms with Crippen LogP contribution in [-0.2, 0) is 0 Å². The number of terminal acetylenes is 1. The van der Waals surface area contributed by atoms with Crippen LogP contribution in [0.1, 0.15) is 50.5 Å². The maximum atomic E-state index is 17.0. The highest BCUT2D eigenvalue weighted by atomic mass is 35.5. The molecule has 0 amide bonds. The van der Waals surface area contributed by atoms with Crippen LogP contribution in [0.15, 0.2) is 30.3 Å². The maximum Gasteiger partial charge on any atom is 0.319 e. The minimum Gasteiger partial charge on any atom is -0.508 e. The smallest absolute Gasteiger partial charge is 0.319 e. The molecule has 9 rings (SSSR count). The summed E-state index contributed by atoms with van der Waals surface area (Å²) in [6, 6.07) is 8.03. The Kier molecular flexibility index (Phi) is 6.67. The van der Waals surface area contributed by atoms with Gasteiger partial charge in [-0.2, -0.15) is 9.97 Å². The zero-order valence-electron chi connectivity index (χ0n) is 26.1. The lowest BCUT2D eigenvalue weighted by atomic mass is 9.63. The Bertz CT molecular complexity index is 1990. The Morgan fingerprint density at radius 3 is 2.51 bits per heavy atom. The first-order valence-corrected chi connectivity index (χ1v) is 17.1. The number of phenols is 1. The van der Waals surface area contributed by atoms with Crippen molar-refractivity contribution >= 4 is 39.1 Å². The molecule has 3 aliphatic heterocycles. The van der Waals surface area contributed by atoms with E-state index in [1.54, 1.807) is 6.07 Å². The highest BCUT2D eigenvalue weighted by molar-refractivity contribution is 6.35. The summed E-state index contributed by atoms with van der Waals surface area (Å²) >= 11 is 6.89. The van der Waals surface area contributed by atoms with Gasteiger partial charge in [-0.3, -0.25) is 0 Å². The number of rotatable bonds is 7. The largest absolute Gasteiger partial charge is 0.508 e. The molecule has 1 aromatic heterocycles. The molecular weight excluding hydrogens is 620 g/mol. The van der Waals surface area contributed by atoms with Gasteiger partial charge in [0.05, 0.1) is 17.2 Å². The molecule has 3 aromatic carbocycles. The minimum absolute atomic E-state index is 0.0143. The molecule has 242 valence electrons. The van der Waals surface area contributed by atoms with Crippen molar-refractivity contribution in [2.75, 3.05) is 44.2 Å². The monoisotopic (exact) mass is 655 g/mol. The van der Waals surface area contributed by atoms with Crippen LogP contribution in [0, 0.1) is 34.8 Å². The van der Waals surface area contributed by atoms with E-state index in [0.29, 0.717) is 46.1 Å². The Balaban J connectivity index is 1.13. The summed E-state index contributed by atoms with van der Waals surface area (Å²) in [7, 11) is 0. The zero-order chi connectivity index (χ0) is 32.1. The quantitative estimate of drug-likeness (QED) is 0.216. The molecule has 7 nitrogen and oxygen atoms in total. The van der Waals surface area contributed by atoms with Gasteiger partial charge in [0.2, 0.25) is 0 Å². The second-order valence-corrected chi connectivity index (χ2v) is 15.2. The van der Waals surface area contributed by atoms with Crippen LogP contribution in [0.2, 0.25) is 5.02 Å². The van der Waals surface area contributed by atoms with Crippen molar-refractivity contribution in [3.63, 3.8) is 0 Å². The standard InChI is InChI=1S/C37H36ClF2N5O2/c1-2-25-29(39)7-4-21-12-24(46)13-26(30(21)25)31-28(38)14-27-33(32(31)40)42-35(43-34(27)45-15-22-5-6-23(16-45)41-22)47-20-37(10-11-37)19-44-17-36(18-44)8-3-9-36/h1,4,7,12-14,22-23,41,46H,3,5-6,8-11,15-20H2. The van der Waals surface area contributed by atoms with Crippen molar-refractivity contribution in [2.24, 2.45) is 10.8 Å². The number of aromatic nitrogens is 2. The summed E-state index contributed by atoms with van der Waals surface area (Å²) in [6.45, 7) is 5.29. The number of nitrogens with one attached hydrogen (secondary N) is 1. The van der Waals surface area contributed by atoms with Crippen molar-refractivity contribution < 1.29 is 18.6 Å². The summed E-state index contributed by atoms with van der Waals surface area (Å²) in [5.41, 5.74) is 0.842. The van der Waals surface area contributed by atoms with Crippen molar-refractivity contribution in [3.05, 3.63) is 52.6 Å². The molecule has 0 radical (unpaired) electrons. The molecule has 5 fully saturated rings. The lowest BCUT2D eigenvalue weighted by molar-refractivity contribution is -0.0716. The number of piperazine rings is 1. The molecule has 3 saturated heterocycles. The van der Waals surface area contributed by atoms with Gasteiger partial charge in [-0.1, -0.05) is 30.0 Å². The number of nitrogens with zero attached hydrogens (tertiary/aromatic N) is 4. The van der Waals surface area contributed by atoms with Crippen molar-refractivity contribution in [1.29, 1.82) is 0 Å². The molecule has 10 heteroatoms. The normalized spacial score (nSPS) is 23.9. The molecule has 2 bridgehead atoms. The first-order chi connectivity index (χ1) is 22.7. The number of benzene rings is 3. The van der Waals surface area contributed by atoms with E-state index in [9.17, 15) is 9.50 Å². The molecule has 47 heavy (non-hydrogen) atoms. The number of likely N-dealkylation sites (tertiary alicyclic amines) is 1. The van der Waals surface area contributed by atoms with Gasteiger partial charge in [0, 0.05) is 66.6 Å². The highest BCUT2D eigenvalue weighted by Crippen LogP contribution is 2.53. The van der Waals surface area contributed by atoms with Gasteiger partial charge in [0.1, 0.15) is 22.9 Å². The molecule has 2 N–H and O–H groups in total. The molecule has 4 heterocycles. The molecular formula is C37H36ClF2N5O2. The summed E-state index contributed by atoms with van der Waals surface area (Å²) in [4.78, 5) is 14.3. The second-order valence-electron chi connectivity index (χ2n) is 14.8. The number of ether oxygens (including phenoxy) is 1. The first-order valence-electron chi connectivity index (χ1n) is 16.7. The Labute approximate surface area is 277 Å². The van der Waals surface area contributed by atoms with Crippen molar-refractivity contribution in [2.45, 2.75) is 57.0 Å². The fourth-order valence-corrected chi connectivity index (χ4v) is 8.96. The van der Waals surface area contributed by atoms with Crippen LogP contribution in [0.5, 0.6) is 11.8 Å². The predicted molar refractivity (Wildman–Crippen MR) is 179 cm³/mol. The highest BCUT2D eigenvalue weighted by Gasteiger charge is 2.52. The van der Waals surface area contributed by atoms with Crippen LogP contribution in [0.3, 0.4) is 0 Å². The van der Waals surface area contributed by atoms with Crippen molar-refractivity contribution in [3.8, 4) is 35.2 Å². The van der Waals surface area contributed by atoms with Crippen LogP contribution in [-0.4, -0.2) is 71.4 Å². The Morgan fingerprint density at radius 1 is 1.06 bits per heavy atom. The summed E-state index contributed by atoms with van der Waals surface area (Å²) < 4.78 is 38.3. The number of hydrogen-bond acceptors (Lipinski definition) is 7. The van der Waals surface area contributed by atoms with Gasteiger partial charge >= 0.3 is 6.01 Å². The van der Waals surface area contributed by atoms with Gasteiger partial charge in [-0.15, -0.1) is 6.42 Å². The zero-order valence-corrected chi connectivity index (χ0v) is 26.8. The van der Waals surface area contributed by atoms with Crippen molar-refractivity contribution in [1.82, 2.24) is 20.2 Å². The third kappa shape index (κ3) is 4.91. The van der Waals surface area contributed by atoms with E-state index in [2.05, 4.69) is 26.0 Å². The van der Waals surface area contributed by atoms with Gasteiger partial charge in [-0.25, -0.2) is 8.78 Å². The first kappa shape index (κ1) is 29.4. The summed E-state index contributed by atoms with van der Waals surface area (Å²) in [5, 5.41) is 15.6. The van der Waals surface area contributed by atoms with E-state index in [1.165, 1.54) is 56.6 Å². The van der Waals surface area contributed by atoms with Crippen LogP contribution in [0.25, 0.3) is 32.8 Å². The molecule has 1 spiro atoms. The molecule has 2 unspecified atom stereocenters. The topological polar surface area (TPSA) is 73.8 Å². The molecule has 2 aliphatic carbocycles. The van der Waals surface area contributed by atoms with E-state index >= 15 is 4.39 Å². The number of aromatic hydroxyl groups is 1. The van der Waals surface area contributed by atoms with E-state index in [0.717, 1.165) is 45.3 Å². The number of hydrogen-bond donors (Lipinski definition) is 2. The van der Waals surface area contributed by atoms with Gasteiger partial charge < -0.3 is 25.0 Å². The van der Waals surface area contributed by atoms with E-state index in [1.807, 2.05) is 0 Å². The Hall–Kier alpha value is -3.71. The third-order valence-corrected chi connectivity index (χ3v) is 11.7. The average molecular weight is 656 g/mol. The van der Waals surface area contributed by atoms with Crippen LogP contribution < -0.4 is 15.0 Å². The fraction of sp³-hybridized carbons (Fsp3) is 0.459. The van der Waals surface area contributed by atoms with E-state index in [4.69, 9.17) is 27.7 Å². The number of halogens is 3. The number of fused-ring (bicyclic) bond motifs is 4. The maximum absolute atomic E-state index is 17.0. The minimum atomic E-state index is -0.703. The average Bonchev–Trinajstić information content (AvgIpc) is 3.70. The SMILES string of the molecule is C#Cc1c(F)ccc2cc(O)cc(-c3c(Cl)cc4c(N5CC6CCC(C5)N6)nc(OCC5(CN6CC7(CCC7)C6)CC5)nc4c3F)c12. The van der Waals surface area contributed by atoms with Gasteiger partial charge in [-0.05, 0) is 79.2 Å². The molecule has 5 aliphatic rings. The number of anilines is 1. The molecule has 4 aromatic rings. The summed E-state index contributed by atoms with van der Waals surface area (Å²) in [6.07, 6.45) is 14.1. The van der Waals surface area contributed by atoms with Crippen LogP contribution >= 0.6 is 11.6 Å². The lowest BCUT2D eigenvalue weighted by Gasteiger charge is -2.56. The lowest BCUT2D eigenvalue weighted by Crippen LogP contribution is -2.60. The third-order valence-electron chi connectivity index (χ3n) is 11.4. The van der Waals surface area contributed by atoms with E-state index < -0.39 is 11.6 Å². The Morgan fingerprint density at radius 2 is 1.83 bits per heavy atom. The van der Waals surface area contributed by atoms with E-state index in [-0.39, 0.29) is 44.4 Å². The fourth-order valence-electron chi connectivity index (χ4n) is 8.67. The number of phenolic OH excluding ortho intramolecular Hbond substituents is 1. The second kappa shape index (κ2) is 10.6. The van der Waals surface area contributed by atoms with Gasteiger partial charge in [0.15, 0.2) is 5.82 Å². The van der Waals surface area contributed by atoms with Crippen LogP contribution in [0.4, 0.5) is 14.6 Å². The summed E-state index contributed by atoms with van der Waals surface area (Å²) in [5.74, 6) is 1.55. The molecule has 2 atom stereocenters. The molecule has 2 saturated carbocycles.